The molecule has 1 N–H and O–H groups in total. The van der Waals surface area contributed by atoms with Crippen molar-refractivity contribution in [1.29, 1.82) is 0 Å². The van der Waals surface area contributed by atoms with Gasteiger partial charge in [-0.2, -0.15) is 0 Å². The number of nitrogens with one attached hydrogen (secondary N) is 1. The first kappa shape index (κ1) is 19.1. The van der Waals surface area contributed by atoms with Crippen LogP contribution in [0.4, 0.5) is 0 Å². The third-order valence-electron chi connectivity index (χ3n) is 4.26. The highest BCUT2D eigenvalue weighted by atomic mass is 32.2. The van der Waals surface area contributed by atoms with Crippen LogP contribution in [0, 0.1) is 13.8 Å². The Bertz CT molecular complexity index is 1040. The summed E-state index contributed by atoms with van der Waals surface area (Å²) in [6.07, 6.45) is -0.0652. The fraction of sp³-hybridized carbons (Fsp3) is 0.250. The summed E-state index contributed by atoms with van der Waals surface area (Å²) in [6, 6.07) is 14.2. The molecule has 0 bridgehead atoms. The van der Waals surface area contributed by atoms with Gasteiger partial charge in [0.2, 0.25) is 10.0 Å². The first-order valence-electron chi connectivity index (χ1n) is 8.55. The standard InChI is InChI=1S/C20H21NO5S/c1-14-7-8-18(11-15(14)2)27(23,24)21-10-9-20(22)25-13-17-12-16-5-3-4-6-19(16)26-17/h3-8,11-12,21H,9-10,13H2,1-2H3. The van der Waals surface area contributed by atoms with Gasteiger partial charge in [-0.1, -0.05) is 24.3 Å². The zero-order valence-corrected chi connectivity index (χ0v) is 16.0. The molecular weight excluding hydrogens is 366 g/mol. The Hall–Kier alpha value is -2.64. The zero-order chi connectivity index (χ0) is 19.4. The lowest BCUT2D eigenvalue weighted by atomic mass is 10.1. The first-order chi connectivity index (χ1) is 12.8. The van der Waals surface area contributed by atoms with Crippen molar-refractivity contribution in [3.63, 3.8) is 0 Å². The molecule has 1 heterocycles. The number of furan rings is 1. The second-order valence-electron chi connectivity index (χ2n) is 6.31. The van der Waals surface area contributed by atoms with E-state index >= 15 is 0 Å². The summed E-state index contributed by atoms with van der Waals surface area (Å²) in [5.41, 5.74) is 2.64. The highest BCUT2D eigenvalue weighted by molar-refractivity contribution is 7.89. The molecule has 6 nitrogen and oxygen atoms in total. The van der Waals surface area contributed by atoms with E-state index in [9.17, 15) is 13.2 Å². The molecule has 7 heteroatoms. The Morgan fingerprint density at radius 3 is 2.59 bits per heavy atom. The molecule has 142 valence electrons. The van der Waals surface area contributed by atoms with Gasteiger partial charge in [-0.3, -0.25) is 4.79 Å². The minimum Gasteiger partial charge on any atom is -0.457 e. The number of carbonyl (C=O) groups is 1. The van der Waals surface area contributed by atoms with E-state index in [0.29, 0.717) is 5.76 Å². The number of hydrogen-bond donors (Lipinski definition) is 1. The number of sulfonamides is 1. The van der Waals surface area contributed by atoms with Crippen LogP contribution in [0.5, 0.6) is 0 Å². The largest absolute Gasteiger partial charge is 0.457 e. The van der Waals surface area contributed by atoms with E-state index in [1.807, 2.05) is 44.2 Å². The number of benzene rings is 2. The SMILES string of the molecule is Cc1ccc(S(=O)(=O)NCCC(=O)OCc2cc3ccccc3o2)cc1C. The summed E-state index contributed by atoms with van der Waals surface area (Å²) in [5.74, 6) is 0.0403. The number of rotatable bonds is 7. The average molecular weight is 387 g/mol. The summed E-state index contributed by atoms with van der Waals surface area (Å²) < 4.78 is 37.7. The third kappa shape index (κ3) is 4.75. The van der Waals surface area contributed by atoms with Gasteiger partial charge in [-0.25, -0.2) is 13.1 Å². The summed E-state index contributed by atoms with van der Waals surface area (Å²) in [6.45, 7) is 3.74. The number of aryl methyl sites for hydroxylation is 2. The molecule has 3 aromatic rings. The normalized spacial score (nSPS) is 11.6. The molecule has 0 saturated heterocycles. The molecule has 0 spiro atoms. The van der Waals surface area contributed by atoms with Crippen molar-refractivity contribution in [3.05, 3.63) is 65.4 Å². The van der Waals surface area contributed by atoms with Gasteiger partial charge in [0, 0.05) is 11.9 Å². The van der Waals surface area contributed by atoms with E-state index in [1.165, 1.54) is 0 Å². The molecule has 0 amide bonds. The first-order valence-corrected chi connectivity index (χ1v) is 10.0. The quantitative estimate of drug-likeness (QED) is 0.628. The van der Waals surface area contributed by atoms with E-state index in [2.05, 4.69) is 4.72 Å². The summed E-state index contributed by atoms with van der Waals surface area (Å²) in [7, 11) is -3.66. The van der Waals surface area contributed by atoms with Crippen LogP contribution < -0.4 is 4.72 Å². The van der Waals surface area contributed by atoms with Crippen molar-refractivity contribution in [2.75, 3.05) is 6.54 Å². The van der Waals surface area contributed by atoms with Gasteiger partial charge in [-0.05, 0) is 49.2 Å². The van der Waals surface area contributed by atoms with Crippen LogP contribution in [0.2, 0.25) is 0 Å². The smallest absolute Gasteiger partial charge is 0.307 e. The van der Waals surface area contributed by atoms with E-state index in [4.69, 9.17) is 9.15 Å². The summed E-state index contributed by atoms with van der Waals surface area (Å²) in [4.78, 5) is 12.0. The summed E-state index contributed by atoms with van der Waals surface area (Å²) >= 11 is 0. The minimum atomic E-state index is -3.66. The highest BCUT2D eigenvalue weighted by Gasteiger charge is 2.15. The molecule has 0 atom stereocenters. The molecule has 0 fully saturated rings. The van der Waals surface area contributed by atoms with Gasteiger partial charge in [0.1, 0.15) is 18.0 Å². The second kappa shape index (κ2) is 7.94. The molecule has 0 aliphatic heterocycles. The Labute approximate surface area is 158 Å². The van der Waals surface area contributed by atoms with Crippen molar-refractivity contribution in [2.45, 2.75) is 31.8 Å². The third-order valence-corrected chi connectivity index (χ3v) is 5.72. The maximum absolute atomic E-state index is 12.3. The van der Waals surface area contributed by atoms with Gasteiger partial charge in [0.05, 0.1) is 11.3 Å². The number of para-hydroxylation sites is 1. The van der Waals surface area contributed by atoms with Gasteiger partial charge < -0.3 is 9.15 Å². The topological polar surface area (TPSA) is 85.6 Å². The molecule has 0 unspecified atom stereocenters. The molecule has 3 rings (SSSR count). The van der Waals surface area contributed by atoms with E-state index < -0.39 is 16.0 Å². The van der Waals surface area contributed by atoms with Crippen molar-refractivity contribution in [3.8, 4) is 0 Å². The van der Waals surface area contributed by atoms with Crippen molar-refractivity contribution in [1.82, 2.24) is 4.72 Å². The van der Waals surface area contributed by atoms with Gasteiger partial charge >= 0.3 is 5.97 Å². The Morgan fingerprint density at radius 2 is 1.85 bits per heavy atom. The van der Waals surface area contributed by atoms with E-state index in [0.717, 1.165) is 22.1 Å². The number of hydrogen-bond acceptors (Lipinski definition) is 5. The Balaban J connectivity index is 1.49. The molecule has 1 aromatic heterocycles. The Morgan fingerprint density at radius 1 is 1.07 bits per heavy atom. The van der Waals surface area contributed by atoms with Crippen LogP contribution in [-0.2, 0) is 26.2 Å². The van der Waals surface area contributed by atoms with Gasteiger partial charge in [-0.15, -0.1) is 0 Å². The maximum Gasteiger partial charge on any atom is 0.307 e. The zero-order valence-electron chi connectivity index (χ0n) is 15.2. The molecular formula is C20H21NO5S. The number of esters is 1. The predicted octanol–water partition coefficient (Wildman–Crippen LogP) is 3.46. The molecule has 0 radical (unpaired) electrons. The molecule has 27 heavy (non-hydrogen) atoms. The molecule has 0 saturated carbocycles. The number of carbonyl (C=O) groups excluding carboxylic acids is 1. The fourth-order valence-corrected chi connectivity index (χ4v) is 3.70. The van der Waals surface area contributed by atoms with Crippen LogP contribution in [0.1, 0.15) is 23.3 Å². The highest BCUT2D eigenvalue weighted by Crippen LogP contribution is 2.19. The van der Waals surface area contributed by atoms with Crippen molar-refractivity contribution >= 4 is 27.0 Å². The second-order valence-corrected chi connectivity index (χ2v) is 8.07. The number of fused-ring (bicyclic) bond motifs is 1. The van der Waals surface area contributed by atoms with E-state index in [1.54, 1.807) is 18.2 Å². The monoisotopic (exact) mass is 387 g/mol. The lowest BCUT2D eigenvalue weighted by molar-refractivity contribution is -0.145. The summed E-state index contributed by atoms with van der Waals surface area (Å²) in [5, 5.41) is 0.935. The van der Waals surface area contributed by atoms with Crippen molar-refractivity contribution < 1.29 is 22.4 Å². The molecule has 0 aliphatic carbocycles. The van der Waals surface area contributed by atoms with Gasteiger partial charge in [0.15, 0.2) is 0 Å². The predicted molar refractivity (Wildman–Crippen MR) is 102 cm³/mol. The Kier molecular flexibility index (Phi) is 5.62. The number of ether oxygens (including phenoxy) is 1. The molecule has 0 aliphatic rings. The van der Waals surface area contributed by atoms with Crippen LogP contribution in [-0.4, -0.2) is 20.9 Å². The van der Waals surface area contributed by atoms with Crippen molar-refractivity contribution in [2.24, 2.45) is 0 Å². The maximum atomic E-state index is 12.3. The lowest BCUT2D eigenvalue weighted by Gasteiger charge is -2.08. The van der Waals surface area contributed by atoms with Crippen LogP contribution in [0.15, 0.2) is 57.8 Å². The fourth-order valence-electron chi connectivity index (χ4n) is 2.58. The molecule has 2 aromatic carbocycles. The van der Waals surface area contributed by atoms with Crippen LogP contribution >= 0.6 is 0 Å². The van der Waals surface area contributed by atoms with Gasteiger partial charge in [0.25, 0.3) is 0 Å². The average Bonchev–Trinajstić information content (AvgIpc) is 3.05. The minimum absolute atomic E-state index is 0.0113. The van der Waals surface area contributed by atoms with Crippen LogP contribution in [0.25, 0.3) is 11.0 Å². The van der Waals surface area contributed by atoms with Crippen LogP contribution in [0.3, 0.4) is 0 Å². The van der Waals surface area contributed by atoms with E-state index in [-0.39, 0.29) is 24.5 Å². The lowest BCUT2D eigenvalue weighted by Crippen LogP contribution is -2.26.